The summed E-state index contributed by atoms with van der Waals surface area (Å²) in [6.45, 7) is 4.56. The van der Waals surface area contributed by atoms with E-state index < -0.39 is 0 Å². The van der Waals surface area contributed by atoms with Crippen molar-refractivity contribution in [3.05, 3.63) is 35.4 Å². The smallest absolute Gasteiger partial charge is 0.0991 e. The summed E-state index contributed by atoms with van der Waals surface area (Å²) in [6, 6.07) is 9.46. The summed E-state index contributed by atoms with van der Waals surface area (Å²) in [5, 5.41) is 8.54. The molecule has 1 rings (SSSR count). The minimum atomic E-state index is 0.565. The van der Waals surface area contributed by atoms with E-state index in [1.807, 2.05) is 32.0 Å². The van der Waals surface area contributed by atoms with E-state index in [2.05, 4.69) is 6.07 Å². The van der Waals surface area contributed by atoms with Crippen LogP contribution in [0.15, 0.2) is 24.3 Å². The first-order valence-electron chi connectivity index (χ1n) is 4.35. The van der Waals surface area contributed by atoms with Crippen LogP contribution in [0.5, 0.6) is 0 Å². The van der Waals surface area contributed by atoms with Gasteiger partial charge >= 0.3 is 0 Å². The van der Waals surface area contributed by atoms with Crippen molar-refractivity contribution in [2.45, 2.75) is 20.5 Å². The average molecular weight is 177 g/mol. The molecule has 0 heterocycles. The summed E-state index contributed by atoms with van der Waals surface area (Å²) in [5.74, 6) is 0. The van der Waals surface area contributed by atoms with Gasteiger partial charge in [0.25, 0.3) is 0 Å². The maximum atomic E-state index is 8.54. The Morgan fingerprint density at radius 1 is 1.38 bits per heavy atom. The molecule has 0 fully saturated rings. The molecule has 0 aliphatic heterocycles. The summed E-state index contributed by atoms with van der Waals surface area (Å²) in [6.07, 6.45) is 0. The van der Waals surface area contributed by atoms with Crippen molar-refractivity contribution < 1.29 is 4.74 Å². The molecule has 1 aromatic rings. The van der Waals surface area contributed by atoms with E-state index in [0.717, 1.165) is 5.56 Å². The largest absolute Gasteiger partial charge is 0.380 e. The Labute approximate surface area is 79.8 Å². The molecule has 13 heavy (non-hydrogen) atoms. The van der Waals surface area contributed by atoms with Gasteiger partial charge in [-0.05, 0) is 17.7 Å². The third-order valence-corrected chi connectivity index (χ3v) is 1.37. The number of methoxy groups -OCH3 is 1. The third kappa shape index (κ3) is 4.29. The number of rotatable bonds is 2. The lowest BCUT2D eigenvalue weighted by Gasteiger charge is -1.97. The lowest BCUT2D eigenvalue weighted by Crippen LogP contribution is -1.87. The summed E-state index contributed by atoms with van der Waals surface area (Å²) in [5.41, 5.74) is 1.71. The zero-order valence-electron chi connectivity index (χ0n) is 8.37. The molecule has 0 aliphatic rings. The molecular weight excluding hydrogens is 162 g/mol. The summed E-state index contributed by atoms with van der Waals surface area (Å²) in [7, 11) is 1.64. The predicted octanol–water partition coefficient (Wildman–Crippen LogP) is 2.73. The van der Waals surface area contributed by atoms with Crippen LogP contribution in [0.4, 0.5) is 0 Å². The lowest BCUT2D eigenvalue weighted by molar-refractivity contribution is 0.185. The number of hydrogen-bond acceptors (Lipinski definition) is 2. The molecule has 1 aromatic carbocycles. The first-order valence-corrected chi connectivity index (χ1v) is 4.35. The van der Waals surface area contributed by atoms with Gasteiger partial charge in [0.05, 0.1) is 18.2 Å². The van der Waals surface area contributed by atoms with Crippen LogP contribution in [-0.4, -0.2) is 7.11 Å². The van der Waals surface area contributed by atoms with Crippen molar-refractivity contribution in [1.29, 1.82) is 5.26 Å². The predicted molar refractivity (Wildman–Crippen MR) is 53.2 cm³/mol. The van der Waals surface area contributed by atoms with Crippen LogP contribution in [0, 0.1) is 11.3 Å². The van der Waals surface area contributed by atoms with E-state index in [4.69, 9.17) is 10.00 Å². The van der Waals surface area contributed by atoms with Crippen LogP contribution in [0.1, 0.15) is 25.0 Å². The van der Waals surface area contributed by atoms with Gasteiger partial charge < -0.3 is 4.74 Å². The molecule has 2 heteroatoms. The van der Waals surface area contributed by atoms with Gasteiger partial charge in [-0.1, -0.05) is 26.0 Å². The van der Waals surface area contributed by atoms with E-state index in [9.17, 15) is 0 Å². The van der Waals surface area contributed by atoms with Gasteiger partial charge in [0.2, 0.25) is 0 Å². The van der Waals surface area contributed by atoms with Gasteiger partial charge in [0.1, 0.15) is 0 Å². The summed E-state index contributed by atoms with van der Waals surface area (Å²) < 4.78 is 4.92. The van der Waals surface area contributed by atoms with Gasteiger partial charge in [0.15, 0.2) is 0 Å². The Morgan fingerprint density at radius 3 is 2.62 bits per heavy atom. The zero-order chi connectivity index (χ0) is 10.1. The maximum absolute atomic E-state index is 8.54. The first-order chi connectivity index (χ1) is 6.36. The maximum Gasteiger partial charge on any atom is 0.0991 e. The van der Waals surface area contributed by atoms with Crippen LogP contribution in [0.3, 0.4) is 0 Å². The Hall–Kier alpha value is -1.33. The Bertz CT molecular complexity index is 276. The van der Waals surface area contributed by atoms with Crippen LogP contribution in [-0.2, 0) is 11.3 Å². The highest BCUT2D eigenvalue weighted by atomic mass is 16.5. The standard InChI is InChI=1S/C9H9NO.C2H6/c1-11-7-9-4-2-3-8(5-9)6-10;1-2/h2-5H,7H2,1H3;1-2H3. The monoisotopic (exact) mass is 177 g/mol. The molecule has 2 nitrogen and oxygen atoms in total. The van der Waals surface area contributed by atoms with E-state index in [1.54, 1.807) is 13.2 Å². The molecule has 0 aliphatic carbocycles. The normalized spacial score (nSPS) is 8.15. The van der Waals surface area contributed by atoms with E-state index in [1.165, 1.54) is 0 Å². The molecule has 0 saturated heterocycles. The molecule has 0 unspecified atom stereocenters. The Balaban J connectivity index is 0.000000671. The Morgan fingerprint density at radius 2 is 2.08 bits per heavy atom. The second-order valence-electron chi connectivity index (χ2n) is 2.25. The van der Waals surface area contributed by atoms with Gasteiger partial charge in [0, 0.05) is 7.11 Å². The minimum Gasteiger partial charge on any atom is -0.380 e. The quantitative estimate of drug-likeness (QED) is 0.695. The topological polar surface area (TPSA) is 33.0 Å². The SMILES string of the molecule is CC.COCc1cccc(C#N)c1. The van der Waals surface area contributed by atoms with Crippen molar-refractivity contribution in [2.24, 2.45) is 0 Å². The van der Waals surface area contributed by atoms with Gasteiger partial charge in [-0.25, -0.2) is 0 Å². The lowest BCUT2D eigenvalue weighted by atomic mass is 10.1. The molecule has 0 saturated carbocycles. The molecule has 0 radical (unpaired) electrons. The minimum absolute atomic E-state index is 0.565. The molecule has 0 atom stereocenters. The van der Waals surface area contributed by atoms with Crippen LogP contribution in [0.2, 0.25) is 0 Å². The van der Waals surface area contributed by atoms with E-state index in [0.29, 0.717) is 12.2 Å². The van der Waals surface area contributed by atoms with E-state index >= 15 is 0 Å². The summed E-state index contributed by atoms with van der Waals surface area (Å²) >= 11 is 0. The fraction of sp³-hybridized carbons (Fsp3) is 0.364. The molecule has 70 valence electrons. The number of nitrogens with zero attached hydrogens (tertiary/aromatic N) is 1. The van der Waals surface area contributed by atoms with Crippen molar-refractivity contribution in [2.75, 3.05) is 7.11 Å². The number of nitriles is 1. The molecule has 0 bridgehead atoms. The average Bonchev–Trinajstić information content (AvgIpc) is 2.22. The number of hydrogen-bond donors (Lipinski definition) is 0. The zero-order valence-corrected chi connectivity index (χ0v) is 8.37. The molecule has 0 spiro atoms. The van der Waals surface area contributed by atoms with Gasteiger partial charge in [-0.15, -0.1) is 0 Å². The van der Waals surface area contributed by atoms with Crippen molar-refractivity contribution in [1.82, 2.24) is 0 Å². The van der Waals surface area contributed by atoms with E-state index in [-0.39, 0.29) is 0 Å². The first kappa shape index (κ1) is 11.7. The van der Waals surface area contributed by atoms with Gasteiger partial charge in [-0.3, -0.25) is 0 Å². The highest BCUT2D eigenvalue weighted by molar-refractivity contribution is 5.32. The van der Waals surface area contributed by atoms with Crippen LogP contribution >= 0.6 is 0 Å². The van der Waals surface area contributed by atoms with Gasteiger partial charge in [-0.2, -0.15) is 5.26 Å². The molecule has 0 aromatic heterocycles. The second kappa shape index (κ2) is 7.33. The second-order valence-corrected chi connectivity index (χ2v) is 2.25. The fourth-order valence-electron chi connectivity index (χ4n) is 0.897. The van der Waals surface area contributed by atoms with Crippen molar-refractivity contribution in [3.8, 4) is 6.07 Å². The highest BCUT2D eigenvalue weighted by Crippen LogP contribution is 2.04. The molecule has 0 N–H and O–H groups in total. The third-order valence-electron chi connectivity index (χ3n) is 1.37. The highest BCUT2D eigenvalue weighted by Gasteiger charge is 1.92. The molecular formula is C11H15NO. The van der Waals surface area contributed by atoms with Crippen molar-refractivity contribution in [3.63, 3.8) is 0 Å². The van der Waals surface area contributed by atoms with Crippen molar-refractivity contribution >= 4 is 0 Å². The Kier molecular flexibility index (Phi) is 6.58. The van der Waals surface area contributed by atoms with Crippen LogP contribution < -0.4 is 0 Å². The summed E-state index contributed by atoms with van der Waals surface area (Å²) in [4.78, 5) is 0. The fourth-order valence-corrected chi connectivity index (χ4v) is 0.897. The molecule has 0 amide bonds. The van der Waals surface area contributed by atoms with Crippen LogP contribution in [0.25, 0.3) is 0 Å². The number of ether oxygens (including phenoxy) is 1. The number of benzene rings is 1.